The summed E-state index contributed by atoms with van der Waals surface area (Å²) in [5.74, 6) is -0.142. The summed E-state index contributed by atoms with van der Waals surface area (Å²) in [4.78, 5) is 28.0. The molecular formula is C15H19N5O3. The Kier molecular flexibility index (Phi) is 3.56. The van der Waals surface area contributed by atoms with E-state index >= 15 is 0 Å². The quantitative estimate of drug-likeness (QED) is 0.788. The number of hydrogen-bond acceptors (Lipinski definition) is 5. The normalized spacial score (nSPS) is 16.8. The Hall–Kier alpha value is -2.48. The Bertz CT molecular complexity index is 781. The summed E-state index contributed by atoms with van der Waals surface area (Å²) in [7, 11) is 3.36. The van der Waals surface area contributed by atoms with Crippen LogP contribution in [0.2, 0.25) is 0 Å². The van der Waals surface area contributed by atoms with Gasteiger partial charge in [-0.25, -0.2) is 4.79 Å². The highest BCUT2D eigenvalue weighted by molar-refractivity contribution is 5.98. The first kappa shape index (κ1) is 15.4. The van der Waals surface area contributed by atoms with Crippen molar-refractivity contribution in [2.75, 3.05) is 27.4 Å². The number of hydrogen-bond donors (Lipinski definition) is 0. The molecule has 1 aromatic carbocycles. The number of nitrogens with zero attached hydrogens (tertiary/aromatic N) is 5. The number of amides is 2. The first-order valence-corrected chi connectivity index (χ1v) is 7.28. The molecule has 0 N–H and O–H groups in total. The van der Waals surface area contributed by atoms with Crippen LogP contribution in [0.25, 0.3) is 11.0 Å². The van der Waals surface area contributed by atoms with Crippen LogP contribution in [0, 0.1) is 0 Å². The summed E-state index contributed by atoms with van der Waals surface area (Å²) >= 11 is 0. The van der Waals surface area contributed by atoms with Crippen molar-refractivity contribution in [2.24, 2.45) is 0 Å². The Morgan fingerprint density at radius 2 is 2.04 bits per heavy atom. The van der Waals surface area contributed by atoms with E-state index < -0.39 is 5.54 Å². The van der Waals surface area contributed by atoms with Crippen LogP contribution in [0.5, 0.6) is 0 Å². The van der Waals surface area contributed by atoms with E-state index in [9.17, 15) is 9.59 Å². The van der Waals surface area contributed by atoms with Crippen molar-refractivity contribution in [2.45, 2.75) is 19.4 Å². The smallest absolute Gasteiger partial charge is 0.349 e. The van der Waals surface area contributed by atoms with Gasteiger partial charge >= 0.3 is 6.03 Å². The third-order valence-electron chi connectivity index (χ3n) is 3.92. The molecule has 0 aliphatic carbocycles. The number of benzene rings is 1. The monoisotopic (exact) mass is 317 g/mol. The van der Waals surface area contributed by atoms with Crippen LogP contribution >= 0.6 is 0 Å². The summed E-state index contributed by atoms with van der Waals surface area (Å²) in [6.07, 6.45) is 0. The van der Waals surface area contributed by atoms with Crippen LogP contribution in [0.15, 0.2) is 18.2 Å². The third-order valence-corrected chi connectivity index (χ3v) is 3.92. The van der Waals surface area contributed by atoms with Crippen LogP contribution in [0.1, 0.15) is 24.2 Å². The molecule has 2 amide bonds. The van der Waals surface area contributed by atoms with Gasteiger partial charge in [0.1, 0.15) is 17.8 Å². The Morgan fingerprint density at radius 3 is 2.65 bits per heavy atom. The van der Waals surface area contributed by atoms with Gasteiger partial charge in [-0.1, -0.05) is 5.21 Å². The largest absolute Gasteiger partial charge is 0.359 e. The molecule has 2 aromatic rings. The zero-order chi connectivity index (χ0) is 16.8. The molecule has 0 unspecified atom stereocenters. The molecule has 1 aromatic heterocycles. The van der Waals surface area contributed by atoms with E-state index in [0.717, 1.165) is 0 Å². The van der Waals surface area contributed by atoms with Crippen molar-refractivity contribution in [1.82, 2.24) is 24.8 Å². The number of carbonyl (C=O) groups excluding carboxylic acids is 2. The Morgan fingerprint density at radius 1 is 1.30 bits per heavy atom. The maximum atomic E-state index is 12.8. The molecule has 1 saturated heterocycles. The highest BCUT2D eigenvalue weighted by Crippen LogP contribution is 2.24. The Labute approximate surface area is 133 Å². The molecule has 0 atom stereocenters. The van der Waals surface area contributed by atoms with E-state index in [-0.39, 0.29) is 18.7 Å². The SMILES string of the molecule is CN(C)C(=O)c1ccc2nnn(C(=O)N3COCC3(C)C)c2c1. The zero-order valence-electron chi connectivity index (χ0n) is 13.6. The fourth-order valence-electron chi connectivity index (χ4n) is 2.52. The minimum Gasteiger partial charge on any atom is -0.359 e. The van der Waals surface area contributed by atoms with Gasteiger partial charge in [0.05, 0.1) is 12.1 Å². The second-order valence-corrected chi connectivity index (χ2v) is 6.40. The van der Waals surface area contributed by atoms with Gasteiger partial charge in [-0.3, -0.25) is 9.69 Å². The van der Waals surface area contributed by atoms with E-state index in [0.29, 0.717) is 23.2 Å². The number of aromatic nitrogens is 3. The lowest BCUT2D eigenvalue weighted by Gasteiger charge is -2.28. The molecule has 8 nitrogen and oxygen atoms in total. The van der Waals surface area contributed by atoms with Gasteiger partial charge in [0.2, 0.25) is 0 Å². The van der Waals surface area contributed by atoms with Crippen molar-refractivity contribution < 1.29 is 14.3 Å². The fourth-order valence-corrected chi connectivity index (χ4v) is 2.52. The maximum Gasteiger partial charge on any atom is 0.349 e. The molecule has 23 heavy (non-hydrogen) atoms. The summed E-state index contributed by atoms with van der Waals surface area (Å²) in [5.41, 5.74) is 1.14. The van der Waals surface area contributed by atoms with Crippen LogP contribution in [-0.4, -0.2) is 69.7 Å². The lowest BCUT2D eigenvalue weighted by Crippen LogP contribution is -2.46. The number of carbonyl (C=O) groups is 2. The molecule has 8 heteroatoms. The third kappa shape index (κ3) is 2.55. The van der Waals surface area contributed by atoms with Gasteiger partial charge in [-0.15, -0.1) is 5.10 Å². The lowest BCUT2D eigenvalue weighted by molar-refractivity contribution is 0.0827. The molecular weight excluding hydrogens is 298 g/mol. The highest BCUT2D eigenvalue weighted by atomic mass is 16.5. The van der Waals surface area contributed by atoms with E-state index in [4.69, 9.17) is 4.74 Å². The number of rotatable bonds is 1. The van der Waals surface area contributed by atoms with Gasteiger partial charge in [-0.2, -0.15) is 4.68 Å². The van der Waals surface area contributed by atoms with E-state index in [1.807, 2.05) is 13.8 Å². The minimum atomic E-state index is -0.410. The van der Waals surface area contributed by atoms with Gasteiger partial charge < -0.3 is 9.64 Å². The zero-order valence-corrected chi connectivity index (χ0v) is 13.6. The summed E-state index contributed by atoms with van der Waals surface area (Å²) in [6.45, 7) is 4.54. The molecule has 0 radical (unpaired) electrons. The van der Waals surface area contributed by atoms with Crippen LogP contribution in [-0.2, 0) is 4.74 Å². The van der Waals surface area contributed by atoms with Crippen LogP contribution in [0.4, 0.5) is 4.79 Å². The first-order valence-electron chi connectivity index (χ1n) is 7.28. The molecule has 0 bridgehead atoms. The standard InChI is InChI=1S/C15H19N5O3/c1-15(2)8-23-9-19(15)14(22)20-12-7-10(13(21)18(3)4)5-6-11(12)16-17-20/h5-7H,8-9H2,1-4H3. The molecule has 2 heterocycles. The van der Waals surface area contributed by atoms with Gasteiger partial charge in [-0.05, 0) is 32.0 Å². The van der Waals surface area contributed by atoms with Crippen molar-refractivity contribution in [3.63, 3.8) is 0 Å². The number of ether oxygens (including phenoxy) is 1. The second kappa shape index (κ2) is 5.31. The lowest BCUT2D eigenvalue weighted by atomic mass is 10.1. The average Bonchev–Trinajstić information content (AvgIpc) is 3.07. The molecule has 1 fully saturated rings. The highest BCUT2D eigenvalue weighted by Gasteiger charge is 2.38. The predicted octanol–water partition coefficient (Wildman–Crippen LogP) is 1.17. The summed E-state index contributed by atoms with van der Waals surface area (Å²) in [6, 6.07) is 4.69. The Balaban J connectivity index is 2.03. The predicted molar refractivity (Wildman–Crippen MR) is 83.1 cm³/mol. The van der Waals surface area contributed by atoms with Crippen molar-refractivity contribution in [1.29, 1.82) is 0 Å². The van der Waals surface area contributed by atoms with Gasteiger partial charge in [0.25, 0.3) is 5.91 Å². The van der Waals surface area contributed by atoms with Crippen molar-refractivity contribution in [3.8, 4) is 0 Å². The van der Waals surface area contributed by atoms with Crippen LogP contribution in [0.3, 0.4) is 0 Å². The topological polar surface area (TPSA) is 80.6 Å². The van der Waals surface area contributed by atoms with E-state index in [2.05, 4.69) is 10.3 Å². The van der Waals surface area contributed by atoms with Crippen molar-refractivity contribution in [3.05, 3.63) is 23.8 Å². The van der Waals surface area contributed by atoms with Crippen LogP contribution < -0.4 is 0 Å². The molecule has 1 aliphatic heterocycles. The van der Waals surface area contributed by atoms with E-state index in [1.54, 1.807) is 37.2 Å². The molecule has 3 rings (SSSR count). The number of fused-ring (bicyclic) bond motifs is 1. The maximum absolute atomic E-state index is 12.8. The summed E-state index contributed by atoms with van der Waals surface area (Å²) in [5, 5.41) is 7.95. The minimum absolute atomic E-state index is 0.142. The molecule has 1 aliphatic rings. The first-order chi connectivity index (χ1) is 10.8. The fraction of sp³-hybridized carbons (Fsp3) is 0.467. The van der Waals surface area contributed by atoms with Crippen molar-refractivity contribution >= 4 is 23.0 Å². The van der Waals surface area contributed by atoms with E-state index in [1.165, 1.54) is 9.58 Å². The summed E-state index contributed by atoms with van der Waals surface area (Å²) < 4.78 is 6.60. The van der Waals surface area contributed by atoms with Gasteiger partial charge in [0, 0.05) is 19.7 Å². The molecule has 122 valence electrons. The average molecular weight is 317 g/mol. The second-order valence-electron chi connectivity index (χ2n) is 6.40. The molecule has 0 spiro atoms. The van der Waals surface area contributed by atoms with Gasteiger partial charge in [0.15, 0.2) is 0 Å². The molecule has 0 saturated carbocycles.